The summed E-state index contributed by atoms with van der Waals surface area (Å²) in [4.78, 5) is 33.5. The number of aromatic nitrogens is 2. The molecular weight excluding hydrogens is 428 g/mol. The smallest absolute Gasteiger partial charge is 0.339 e. The Bertz CT molecular complexity index is 1070. The number of benzene rings is 2. The quantitative estimate of drug-likeness (QED) is 0.358. The summed E-state index contributed by atoms with van der Waals surface area (Å²) in [5.41, 5.74) is 2.47. The summed E-state index contributed by atoms with van der Waals surface area (Å²) < 4.78 is 10.4. The second-order valence-electron chi connectivity index (χ2n) is 7.41. The van der Waals surface area contributed by atoms with E-state index in [0.29, 0.717) is 29.6 Å². The van der Waals surface area contributed by atoms with Gasteiger partial charge in [0.25, 0.3) is 5.91 Å². The summed E-state index contributed by atoms with van der Waals surface area (Å²) >= 11 is 1.39. The van der Waals surface area contributed by atoms with Crippen molar-refractivity contribution in [3.8, 4) is 0 Å². The molecule has 1 aromatic heterocycles. The molecule has 168 valence electrons. The zero-order valence-corrected chi connectivity index (χ0v) is 19.4. The molecule has 0 saturated heterocycles. The van der Waals surface area contributed by atoms with E-state index in [1.54, 1.807) is 26.1 Å². The van der Waals surface area contributed by atoms with Gasteiger partial charge in [-0.15, -0.1) is 11.8 Å². The highest BCUT2D eigenvalue weighted by Gasteiger charge is 2.17. The number of anilines is 1. The Morgan fingerprint density at radius 3 is 2.44 bits per heavy atom. The molecule has 3 rings (SSSR count). The minimum Gasteiger partial charge on any atom is -0.452 e. The Balaban J connectivity index is 1.53. The molecule has 8 nitrogen and oxygen atoms in total. The number of thioether (sulfide) groups is 1. The summed E-state index contributed by atoms with van der Waals surface area (Å²) in [6.07, 6.45) is 0. The molecule has 0 aliphatic carbocycles. The van der Waals surface area contributed by atoms with Gasteiger partial charge in [0.1, 0.15) is 0 Å². The molecule has 0 unspecified atom stereocenters. The van der Waals surface area contributed by atoms with E-state index in [0.717, 1.165) is 16.1 Å². The largest absolute Gasteiger partial charge is 0.452 e. The molecule has 0 aliphatic rings. The van der Waals surface area contributed by atoms with Crippen molar-refractivity contribution in [2.75, 3.05) is 32.6 Å². The second kappa shape index (κ2) is 10.8. The van der Waals surface area contributed by atoms with Gasteiger partial charge in [-0.3, -0.25) is 4.79 Å². The topological polar surface area (TPSA) is 88.8 Å². The molecule has 0 atom stereocenters. The van der Waals surface area contributed by atoms with Gasteiger partial charge < -0.3 is 19.1 Å². The van der Waals surface area contributed by atoms with Crippen molar-refractivity contribution in [3.63, 3.8) is 0 Å². The number of likely N-dealkylation sites (N-methyl/N-ethyl adjacent to an activating group) is 1. The van der Waals surface area contributed by atoms with E-state index < -0.39 is 5.97 Å². The second-order valence-corrected chi connectivity index (χ2v) is 8.42. The number of carbonyl (C=O) groups excluding carboxylic acids is 2. The first kappa shape index (κ1) is 23.3. The van der Waals surface area contributed by atoms with Gasteiger partial charge in [0.2, 0.25) is 5.89 Å². The number of esters is 1. The monoisotopic (exact) mass is 454 g/mol. The van der Waals surface area contributed by atoms with Crippen molar-refractivity contribution >= 4 is 29.3 Å². The average Bonchev–Trinajstić information content (AvgIpc) is 3.21. The molecule has 3 aromatic rings. The number of rotatable bonds is 9. The fourth-order valence-corrected chi connectivity index (χ4v) is 3.75. The Morgan fingerprint density at radius 1 is 1.06 bits per heavy atom. The first-order chi connectivity index (χ1) is 15.3. The summed E-state index contributed by atoms with van der Waals surface area (Å²) in [7, 11) is 5.63. The van der Waals surface area contributed by atoms with Gasteiger partial charge >= 0.3 is 5.97 Å². The van der Waals surface area contributed by atoms with Crippen LogP contribution in [0.15, 0.2) is 57.9 Å². The van der Waals surface area contributed by atoms with Crippen LogP contribution >= 0.6 is 11.8 Å². The van der Waals surface area contributed by atoms with Crippen LogP contribution in [-0.2, 0) is 21.8 Å². The molecule has 2 aromatic carbocycles. The van der Waals surface area contributed by atoms with Crippen LogP contribution < -0.4 is 4.90 Å². The number of hydrogen-bond acceptors (Lipinski definition) is 8. The Hall–Kier alpha value is -3.33. The number of aryl methyl sites for hydroxylation is 1. The molecule has 32 heavy (non-hydrogen) atoms. The van der Waals surface area contributed by atoms with E-state index in [2.05, 4.69) is 10.1 Å². The third-order valence-corrected chi connectivity index (χ3v) is 5.71. The van der Waals surface area contributed by atoms with Gasteiger partial charge in [0, 0.05) is 38.3 Å². The van der Waals surface area contributed by atoms with Gasteiger partial charge in [-0.1, -0.05) is 29.4 Å². The SMILES string of the molecule is Cc1noc(CSc2ccccc2C(=O)OCC(=O)N(C)Cc2ccc(N(C)C)cc2)n1. The highest BCUT2D eigenvalue weighted by atomic mass is 32.2. The normalized spacial score (nSPS) is 10.6. The fraction of sp³-hybridized carbons (Fsp3) is 0.304. The lowest BCUT2D eigenvalue weighted by Crippen LogP contribution is -2.30. The van der Waals surface area contributed by atoms with Gasteiger partial charge in [-0.25, -0.2) is 4.79 Å². The van der Waals surface area contributed by atoms with Crippen LogP contribution in [0, 0.1) is 6.92 Å². The van der Waals surface area contributed by atoms with E-state index in [-0.39, 0.29) is 12.5 Å². The number of ether oxygens (including phenoxy) is 1. The first-order valence-corrected chi connectivity index (χ1v) is 11.0. The van der Waals surface area contributed by atoms with Crippen LogP contribution in [0.25, 0.3) is 0 Å². The van der Waals surface area contributed by atoms with E-state index >= 15 is 0 Å². The van der Waals surface area contributed by atoms with Crippen molar-refractivity contribution in [3.05, 3.63) is 71.4 Å². The lowest BCUT2D eigenvalue weighted by Gasteiger charge is -2.18. The van der Waals surface area contributed by atoms with Crippen molar-refractivity contribution in [2.24, 2.45) is 0 Å². The maximum absolute atomic E-state index is 12.6. The first-order valence-electron chi connectivity index (χ1n) is 10.0. The van der Waals surface area contributed by atoms with Crippen molar-refractivity contribution < 1.29 is 18.8 Å². The molecular formula is C23H26N4O4S. The van der Waals surface area contributed by atoms with Gasteiger partial charge in [-0.2, -0.15) is 4.98 Å². The van der Waals surface area contributed by atoms with Crippen LogP contribution in [0.5, 0.6) is 0 Å². The van der Waals surface area contributed by atoms with Gasteiger partial charge in [0.15, 0.2) is 12.4 Å². The van der Waals surface area contributed by atoms with Crippen LogP contribution in [0.3, 0.4) is 0 Å². The summed E-state index contributed by atoms with van der Waals surface area (Å²) in [6.45, 7) is 1.85. The Morgan fingerprint density at radius 2 is 1.78 bits per heavy atom. The van der Waals surface area contributed by atoms with Crippen LogP contribution in [0.2, 0.25) is 0 Å². The standard InChI is InChI=1S/C23H26N4O4S/c1-16-24-21(31-25-16)15-32-20-8-6-5-7-19(20)23(29)30-14-22(28)27(4)13-17-9-11-18(12-10-17)26(2)3/h5-12H,13-15H2,1-4H3. The molecule has 1 amide bonds. The van der Waals surface area contributed by atoms with E-state index in [1.165, 1.54) is 16.7 Å². The molecule has 0 radical (unpaired) electrons. The molecule has 0 saturated carbocycles. The maximum Gasteiger partial charge on any atom is 0.339 e. The molecule has 0 aliphatic heterocycles. The molecule has 0 fully saturated rings. The molecule has 0 bridgehead atoms. The van der Waals surface area contributed by atoms with Crippen molar-refractivity contribution in [1.82, 2.24) is 15.0 Å². The van der Waals surface area contributed by atoms with E-state index in [9.17, 15) is 9.59 Å². The summed E-state index contributed by atoms with van der Waals surface area (Å²) in [5, 5.41) is 3.76. The lowest BCUT2D eigenvalue weighted by atomic mass is 10.2. The molecule has 1 heterocycles. The van der Waals surface area contributed by atoms with Crippen LogP contribution in [0.1, 0.15) is 27.6 Å². The van der Waals surface area contributed by atoms with Crippen LogP contribution in [-0.4, -0.2) is 54.7 Å². The number of hydrogen-bond donors (Lipinski definition) is 0. The fourth-order valence-electron chi connectivity index (χ4n) is 2.88. The highest BCUT2D eigenvalue weighted by Crippen LogP contribution is 2.26. The van der Waals surface area contributed by atoms with E-state index in [1.807, 2.05) is 55.4 Å². The van der Waals surface area contributed by atoms with Crippen molar-refractivity contribution in [2.45, 2.75) is 24.1 Å². The summed E-state index contributed by atoms with van der Waals surface area (Å²) in [6, 6.07) is 15.0. The molecule has 0 spiro atoms. The third kappa shape index (κ3) is 6.34. The summed E-state index contributed by atoms with van der Waals surface area (Å²) in [5.74, 6) is 0.642. The van der Waals surface area contributed by atoms with Gasteiger partial charge in [-0.05, 0) is 36.8 Å². The predicted octanol–water partition coefficient (Wildman–Crippen LogP) is 3.55. The number of amides is 1. The zero-order chi connectivity index (χ0) is 23.1. The van der Waals surface area contributed by atoms with Crippen LogP contribution in [0.4, 0.5) is 5.69 Å². The lowest BCUT2D eigenvalue weighted by molar-refractivity contribution is -0.133. The van der Waals surface area contributed by atoms with Gasteiger partial charge in [0.05, 0.1) is 11.3 Å². The third-order valence-electron chi connectivity index (χ3n) is 4.65. The predicted molar refractivity (Wildman–Crippen MR) is 123 cm³/mol. The van der Waals surface area contributed by atoms with E-state index in [4.69, 9.17) is 9.26 Å². The zero-order valence-electron chi connectivity index (χ0n) is 18.6. The molecule has 0 N–H and O–H groups in total. The highest BCUT2D eigenvalue weighted by molar-refractivity contribution is 7.98. The average molecular weight is 455 g/mol. The Labute approximate surface area is 191 Å². The Kier molecular flexibility index (Phi) is 7.88. The van der Waals surface area contributed by atoms with Crippen molar-refractivity contribution in [1.29, 1.82) is 0 Å². The molecule has 9 heteroatoms. The number of carbonyl (C=O) groups is 2. The minimum atomic E-state index is -0.549. The minimum absolute atomic E-state index is 0.276. The number of nitrogens with zero attached hydrogens (tertiary/aromatic N) is 4. The maximum atomic E-state index is 12.6.